The molecule has 1 aromatic heterocycles. The van der Waals surface area contributed by atoms with Gasteiger partial charge in [-0.15, -0.1) is 10.2 Å². The van der Waals surface area contributed by atoms with Crippen LogP contribution in [0.3, 0.4) is 0 Å². The number of benzene rings is 1. The Morgan fingerprint density at radius 2 is 2.21 bits per heavy atom. The fourth-order valence-electron chi connectivity index (χ4n) is 2.82. The lowest BCUT2D eigenvalue weighted by atomic mass is 10.1. The lowest BCUT2D eigenvalue weighted by Gasteiger charge is -2.16. The number of aryl methyl sites for hydroxylation is 1. The number of hydrogen-bond donors (Lipinski definition) is 1. The topological polar surface area (TPSA) is 51.0 Å². The maximum absolute atomic E-state index is 5.22. The normalized spacial score (nSPS) is 22.6. The van der Waals surface area contributed by atoms with Gasteiger partial charge in [0.1, 0.15) is 0 Å². The largest absolute Gasteiger partial charge is 0.423 e. The van der Waals surface area contributed by atoms with Crippen molar-refractivity contribution < 1.29 is 4.42 Å². The molecule has 0 saturated heterocycles. The molecular weight excluding hydrogens is 238 g/mol. The minimum atomic E-state index is 0.573. The van der Waals surface area contributed by atoms with Crippen molar-refractivity contribution in [1.29, 1.82) is 0 Å². The molecule has 1 N–H and O–H groups in total. The Balaban J connectivity index is 1.76. The van der Waals surface area contributed by atoms with Crippen LogP contribution in [0.2, 0.25) is 0 Å². The van der Waals surface area contributed by atoms with E-state index in [-0.39, 0.29) is 0 Å². The van der Waals surface area contributed by atoms with Crippen LogP contribution in [0.25, 0.3) is 11.5 Å². The number of aromatic nitrogens is 2. The van der Waals surface area contributed by atoms with E-state index in [1.807, 2.05) is 6.07 Å². The zero-order chi connectivity index (χ0) is 13.2. The van der Waals surface area contributed by atoms with Gasteiger partial charge in [-0.1, -0.05) is 6.92 Å². The van der Waals surface area contributed by atoms with E-state index in [9.17, 15) is 0 Å². The molecule has 4 nitrogen and oxygen atoms in total. The van der Waals surface area contributed by atoms with Crippen LogP contribution in [-0.4, -0.2) is 16.2 Å². The van der Waals surface area contributed by atoms with E-state index in [2.05, 4.69) is 41.5 Å². The predicted molar refractivity (Wildman–Crippen MR) is 74.9 cm³/mol. The maximum atomic E-state index is 5.22. The van der Waals surface area contributed by atoms with E-state index < -0.39 is 0 Å². The van der Waals surface area contributed by atoms with E-state index in [4.69, 9.17) is 4.42 Å². The monoisotopic (exact) mass is 257 g/mol. The van der Waals surface area contributed by atoms with Gasteiger partial charge in [-0.3, -0.25) is 0 Å². The number of hydrogen-bond acceptors (Lipinski definition) is 4. The molecule has 0 amide bonds. The van der Waals surface area contributed by atoms with Crippen molar-refractivity contribution in [3.63, 3.8) is 0 Å². The zero-order valence-electron chi connectivity index (χ0n) is 11.4. The van der Waals surface area contributed by atoms with Crippen LogP contribution in [-0.2, 0) is 0 Å². The predicted octanol–water partition coefficient (Wildman–Crippen LogP) is 3.65. The standard InChI is InChI=1S/C15H19N3O/c1-10-3-5-13(7-10)17-14-6-4-12(8-11(14)2)15-18-16-9-19-15/h4,6,8-10,13,17H,3,5,7H2,1-2H3. The summed E-state index contributed by atoms with van der Waals surface area (Å²) in [6.45, 7) is 4.44. The first-order valence-electron chi connectivity index (χ1n) is 6.86. The minimum Gasteiger partial charge on any atom is -0.423 e. The maximum Gasteiger partial charge on any atom is 0.247 e. The quantitative estimate of drug-likeness (QED) is 0.912. The average molecular weight is 257 g/mol. The van der Waals surface area contributed by atoms with Crippen LogP contribution >= 0.6 is 0 Å². The van der Waals surface area contributed by atoms with Crippen LogP contribution in [0, 0.1) is 12.8 Å². The lowest BCUT2D eigenvalue weighted by molar-refractivity contribution is 0.568. The Morgan fingerprint density at radius 1 is 1.32 bits per heavy atom. The zero-order valence-corrected chi connectivity index (χ0v) is 11.4. The number of nitrogens with one attached hydrogen (secondary N) is 1. The summed E-state index contributed by atoms with van der Waals surface area (Å²) in [5, 5.41) is 11.3. The van der Waals surface area contributed by atoms with Crippen molar-refractivity contribution in [1.82, 2.24) is 10.2 Å². The Morgan fingerprint density at radius 3 is 2.84 bits per heavy atom. The number of nitrogens with zero attached hydrogens (tertiary/aromatic N) is 2. The molecule has 1 saturated carbocycles. The summed E-state index contributed by atoms with van der Waals surface area (Å²) in [6, 6.07) is 6.84. The summed E-state index contributed by atoms with van der Waals surface area (Å²) in [6.07, 6.45) is 5.23. The molecule has 1 aliphatic carbocycles. The average Bonchev–Trinajstić information content (AvgIpc) is 3.03. The Kier molecular flexibility index (Phi) is 3.23. The van der Waals surface area contributed by atoms with Crippen molar-refractivity contribution in [2.75, 3.05) is 5.32 Å². The SMILES string of the molecule is Cc1cc(-c2nnco2)ccc1NC1CCC(C)C1. The minimum absolute atomic E-state index is 0.573. The first-order chi connectivity index (χ1) is 9.22. The molecule has 0 radical (unpaired) electrons. The molecule has 0 aliphatic heterocycles. The molecule has 1 fully saturated rings. The molecule has 100 valence electrons. The van der Waals surface area contributed by atoms with Crippen molar-refractivity contribution in [3.8, 4) is 11.5 Å². The van der Waals surface area contributed by atoms with Crippen LogP contribution in [0.1, 0.15) is 31.7 Å². The van der Waals surface area contributed by atoms with Gasteiger partial charge in [0.2, 0.25) is 12.3 Å². The first-order valence-corrected chi connectivity index (χ1v) is 6.86. The van der Waals surface area contributed by atoms with Crippen LogP contribution in [0.15, 0.2) is 29.0 Å². The molecule has 1 heterocycles. The van der Waals surface area contributed by atoms with Crippen LogP contribution in [0.5, 0.6) is 0 Å². The number of anilines is 1. The highest BCUT2D eigenvalue weighted by Gasteiger charge is 2.21. The van der Waals surface area contributed by atoms with Crippen molar-refractivity contribution in [3.05, 3.63) is 30.2 Å². The third-order valence-electron chi connectivity index (χ3n) is 3.89. The van der Waals surface area contributed by atoms with Crippen LogP contribution in [0.4, 0.5) is 5.69 Å². The second kappa shape index (κ2) is 5.03. The molecule has 0 spiro atoms. The highest BCUT2D eigenvalue weighted by Crippen LogP contribution is 2.30. The summed E-state index contributed by atoms with van der Waals surface area (Å²) < 4.78 is 5.22. The van der Waals surface area contributed by atoms with Gasteiger partial charge in [-0.25, -0.2) is 0 Å². The van der Waals surface area contributed by atoms with Gasteiger partial charge in [0, 0.05) is 17.3 Å². The van der Waals surface area contributed by atoms with Crippen LogP contribution < -0.4 is 5.32 Å². The molecule has 0 bridgehead atoms. The van der Waals surface area contributed by atoms with Gasteiger partial charge in [-0.2, -0.15) is 0 Å². The van der Waals surface area contributed by atoms with Gasteiger partial charge < -0.3 is 9.73 Å². The third kappa shape index (κ3) is 2.62. The second-order valence-electron chi connectivity index (χ2n) is 5.53. The molecule has 2 unspecified atom stereocenters. The van der Waals surface area contributed by atoms with Gasteiger partial charge in [0.25, 0.3) is 0 Å². The van der Waals surface area contributed by atoms with Crippen molar-refractivity contribution in [2.24, 2.45) is 5.92 Å². The van der Waals surface area contributed by atoms with E-state index in [1.54, 1.807) is 0 Å². The first kappa shape index (κ1) is 12.2. The van der Waals surface area contributed by atoms with E-state index in [0.717, 1.165) is 11.5 Å². The summed E-state index contributed by atoms with van der Waals surface area (Å²) in [5.74, 6) is 1.42. The molecule has 3 rings (SSSR count). The molecule has 4 heteroatoms. The third-order valence-corrected chi connectivity index (χ3v) is 3.89. The summed E-state index contributed by atoms with van der Waals surface area (Å²) in [5.41, 5.74) is 3.40. The van der Waals surface area contributed by atoms with Gasteiger partial charge in [0.15, 0.2) is 0 Å². The van der Waals surface area contributed by atoms with E-state index in [0.29, 0.717) is 11.9 Å². The molecule has 2 atom stereocenters. The van der Waals surface area contributed by atoms with E-state index in [1.165, 1.54) is 36.9 Å². The highest BCUT2D eigenvalue weighted by atomic mass is 16.4. The molecule has 19 heavy (non-hydrogen) atoms. The Labute approximate surface area is 113 Å². The molecule has 1 aromatic carbocycles. The van der Waals surface area contributed by atoms with Gasteiger partial charge >= 0.3 is 0 Å². The Bertz CT molecular complexity index is 551. The molecule has 2 aromatic rings. The lowest BCUT2D eigenvalue weighted by Crippen LogP contribution is -2.15. The van der Waals surface area contributed by atoms with Crippen molar-refractivity contribution >= 4 is 5.69 Å². The summed E-state index contributed by atoms with van der Waals surface area (Å²) >= 11 is 0. The smallest absolute Gasteiger partial charge is 0.247 e. The van der Waals surface area contributed by atoms with E-state index >= 15 is 0 Å². The summed E-state index contributed by atoms with van der Waals surface area (Å²) in [7, 11) is 0. The number of rotatable bonds is 3. The molecular formula is C15H19N3O. The summed E-state index contributed by atoms with van der Waals surface area (Å²) in [4.78, 5) is 0. The second-order valence-corrected chi connectivity index (χ2v) is 5.53. The fraction of sp³-hybridized carbons (Fsp3) is 0.467. The highest BCUT2D eigenvalue weighted by molar-refractivity contribution is 5.62. The molecule has 1 aliphatic rings. The van der Waals surface area contributed by atoms with Gasteiger partial charge in [0.05, 0.1) is 0 Å². The Hall–Kier alpha value is -1.84. The van der Waals surface area contributed by atoms with Gasteiger partial charge in [-0.05, 0) is 55.9 Å². The van der Waals surface area contributed by atoms with Crippen molar-refractivity contribution in [2.45, 2.75) is 39.2 Å². The fourth-order valence-corrected chi connectivity index (χ4v) is 2.82.